The van der Waals surface area contributed by atoms with E-state index in [1.165, 1.54) is 5.56 Å². The van der Waals surface area contributed by atoms with Gasteiger partial charge in [-0.2, -0.15) is 0 Å². The van der Waals surface area contributed by atoms with E-state index in [4.69, 9.17) is 13.9 Å². The molecule has 1 aromatic heterocycles. The van der Waals surface area contributed by atoms with Crippen LogP contribution in [0.1, 0.15) is 24.7 Å². The van der Waals surface area contributed by atoms with Crippen molar-refractivity contribution in [3.8, 4) is 11.5 Å². The zero-order valence-electron chi connectivity index (χ0n) is 13.1. The maximum atomic E-state index is 5.76. The van der Waals surface area contributed by atoms with E-state index in [0.29, 0.717) is 13.2 Å². The van der Waals surface area contributed by atoms with Crippen molar-refractivity contribution in [1.29, 1.82) is 0 Å². The number of hydrogen-bond acceptors (Lipinski definition) is 4. The van der Waals surface area contributed by atoms with Gasteiger partial charge in [0.2, 0.25) is 0 Å². The van der Waals surface area contributed by atoms with Crippen molar-refractivity contribution in [1.82, 2.24) is 5.32 Å². The van der Waals surface area contributed by atoms with E-state index in [9.17, 15) is 0 Å². The lowest BCUT2D eigenvalue weighted by Crippen LogP contribution is -2.20. The van der Waals surface area contributed by atoms with E-state index < -0.39 is 0 Å². The molecule has 22 heavy (non-hydrogen) atoms. The molecule has 0 aliphatic heterocycles. The maximum Gasteiger partial charge on any atom is 0.161 e. The summed E-state index contributed by atoms with van der Waals surface area (Å²) in [6.07, 6.45) is 3.86. The number of benzene rings is 1. The Hall–Kier alpha value is -1.65. The molecule has 0 amide bonds. The summed E-state index contributed by atoms with van der Waals surface area (Å²) in [5, 5.41) is 3.27. The second kappa shape index (κ2) is 10.1. The standard InChI is InChI=1S/C17H23NO3.ClH/c1-3-5-14-7-8-16(17(12-14)19-2)21-11-9-18-13-15-6-4-10-20-15;/h4,6-8,10,12,18H,3,5,9,11,13H2,1-2H3;1H. The van der Waals surface area contributed by atoms with Crippen LogP contribution in [-0.2, 0) is 13.0 Å². The summed E-state index contributed by atoms with van der Waals surface area (Å²) in [4.78, 5) is 0. The second-order valence-corrected chi connectivity index (χ2v) is 4.84. The van der Waals surface area contributed by atoms with Crippen molar-refractivity contribution in [3.05, 3.63) is 47.9 Å². The van der Waals surface area contributed by atoms with Crippen molar-refractivity contribution in [2.45, 2.75) is 26.3 Å². The number of halogens is 1. The van der Waals surface area contributed by atoms with Gasteiger partial charge < -0.3 is 19.2 Å². The van der Waals surface area contributed by atoms with Gasteiger partial charge in [0.25, 0.3) is 0 Å². The molecule has 2 rings (SSSR count). The van der Waals surface area contributed by atoms with E-state index in [1.54, 1.807) is 13.4 Å². The smallest absolute Gasteiger partial charge is 0.161 e. The Bertz CT molecular complexity index is 529. The normalized spacial score (nSPS) is 10.1. The number of furan rings is 1. The second-order valence-electron chi connectivity index (χ2n) is 4.84. The van der Waals surface area contributed by atoms with E-state index in [1.807, 2.05) is 18.2 Å². The summed E-state index contributed by atoms with van der Waals surface area (Å²) < 4.78 is 16.4. The molecule has 1 heterocycles. The third-order valence-electron chi connectivity index (χ3n) is 3.18. The summed E-state index contributed by atoms with van der Waals surface area (Å²) in [6.45, 7) is 4.22. The van der Waals surface area contributed by atoms with Crippen LogP contribution in [-0.4, -0.2) is 20.3 Å². The van der Waals surface area contributed by atoms with Crippen molar-refractivity contribution >= 4 is 12.4 Å². The predicted octanol–water partition coefficient (Wildman–Crippen LogP) is 3.83. The van der Waals surface area contributed by atoms with E-state index >= 15 is 0 Å². The van der Waals surface area contributed by atoms with Crippen LogP contribution in [0.5, 0.6) is 11.5 Å². The lowest BCUT2D eigenvalue weighted by molar-refractivity contribution is 0.290. The van der Waals surface area contributed by atoms with Crippen molar-refractivity contribution < 1.29 is 13.9 Å². The van der Waals surface area contributed by atoms with E-state index in [-0.39, 0.29) is 12.4 Å². The van der Waals surface area contributed by atoms with Crippen molar-refractivity contribution in [2.75, 3.05) is 20.3 Å². The molecule has 0 atom stereocenters. The minimum atomic E-state index is 0. The van der Waals surface area contributed by atoms with Gasteiger partial charge in [-0.05, 0) is 36.2 Å². The van der Waals surface area contributed by atoms with Crippen LogP contribution < -0.4 is 14.8 Å². The third kappa shape index (κ3) is 5.62. The first-order valence-corrected chi connectivity index (χ1v) is 7.36. The van der Waals surface area contributed by atoms with Crippen LogP contribution in [0, 0.1) is 0 Å². The molecule has 1 N–H and O–H groups in total. The highest BCUT2D eigenvalue weighted by molar-refractivity contribution is 5.85. The largest absolute Gasteiger partial charge is 0.493 e. The molecule has 2 aromatic rings. The van der Waals surface area contributed by atoms with Gasteiger partial charge in [0.1, 0.15) is 12.4 Å². The molecule has 1 aromatic carbocycles. The Morgan fingerprint density at radius 1 is 1.18 bits per heavy atom. The minimum Gasteiger partial charge on any atom is -0.493 e. The first-order chi connectivity index (χ1) is 10.3. The average Bonchev–Trinajstić information content (AvgIpc) is 3.01. The van der Waals surface area contributed by atoms with Gasteiger partial charge in [0.05, 0.1) is 19.9 Å². The molecular weight excluding hydrogens is 302 g/mol. The maximum absolute atomic E-state index is 5.76. The Morgan fingerprint density at radius 3 is 2.73 bits per heavy atom. The zero-order valence-corrected chi connectivity index (χ0v) is 13.9. The van der Waals surface area contributed by atoms with Crippen LogP contribution in [0.25, 0.3) is 0 Å². The quantitative estimate of drug-likeness (QED) is 0.712. The zero-order chi connectivity index (χ0) is 14.9. The van der Waals surface area contributed by atoms with E-state index in [2.05, 4.69) is 24.4 Å². The SMILES string of the molecule is CCCc1ccc(OCCNCc2ccco2)c(OC)c1.Cl. The van der Waals surface area contributed by atoms with Gasteiger partial charge in [0, 0.05) is 6.54 Å². The highest BCUT2D eigenvalue weighted by Gasteiger charge is 2.05. The Morgan fingerprint density at radius 2 is 2.05 bits per heavy atom. The lowest BCUT2D eigenvalue weighted by Gasteiger charge is -2.12. The Kier molecular flexibility index (Phi) is 8.48. The summed E-state index contributed by atoms with van der Waals surface area (Å²) in [7, 11) is 1.67. The number of aryl methyl sites for hydroxylation is 1. The van der Waals surface area contributed by atoms with Crippen LogP contribution >= 0.6 is 12.4 Å². The predicted molar refractivity (Wildman–Crippen MR) is 90.1 cm³/mol. The molecule has 0 fully saturated rings. The number of hydrogen-bond donors (Lipinski definition) is 1. The molecule has 0 spiro atoms. The molecule has 5 heteroatoms. The third-order valence-corrected chi connectivity index (χ3v) is 3.18. The fourth-order valence-electron chi connectivity index (χ4n) is 2.13. The molecule has 0 bridgehead atoms. The fourth-order valence-corrected chi connectivity index (χ4v) is 2.13. The minimum absolute atomic E-state index is 0. The number of nitrogens with one attached hydrogen (secondary N) is 1. The monoisotopic (exact) mass is 325 g/mol. The van der Waals surface area contributed by atoms with Crippen LogP contribution in [0.4, 0.5) is 0 Å². The first-order valence-electron chi connectivity index (χ1n) is 7.36. The fraction of sp³-hybridized carbons (Fsp3) is 0.412. The van der Waals surface area contributed by atoms with Gasteiger partial charge in [-0.25, -0.2) is 0 Å². The highest BCUT2D eigenvalue weighted by Crippen LogP contribution is 2.28. The summed E-state index contributed by atoms with van der Waals surface area (Å²) in [6, 6.07) is 9.96. The highest BCUT2D eigenvalue weighted by atomic mass is 35.5. The van der Waals surface area contributed by atoms with Crippen molar-refractivity contribution in [3.63, 3.8) is 0 Å². The van der Waals surface area contributed by atoms with E-state index in [0.717, 1.165) is 36.6 Å². The summed E-state index contributed by atoms with van der Waals surface area (Å²) in [5.41, 5.74) is 1.28. The Balaban J connectivity index is 0.00000242. The van der Waals surface area contributed by atoms with Gasteiger partial charge >= 0.3 is 0 Å². The molecule has 0 aliphatic rings. The van der Waals surface area contributed by atoms with Gasteiger partial charge in [-0.1, -0.05) is 19.4 Å². The summed E-state index contributed by atoms with van der Waals surface area (Å²) in [5.74, 6) is 2.51. The van der Waals surface area contributed by atoms with Crippen LogP contribution in [0.15, 0.2) is 41.0 Å². The number of rotatable bonds is 9. The molecular formula is C17H24ClNO3. The molecule has 0 radical (unpaired) electrons. The molecule has 0 aliphatic carbocycles. The molecule has 0 saturated heterocycles. The van der Waals surface area contributed by atoms with Gasteiger partial charge in [0.15, 0.2) is 11.5 Å². The van der Waals surface area contributed by atoms with Crippen molar-refractivity contribution in [2.24, 2.45) is 0 Å². The molecule has 0 unspecified atom stereocenters. The van der Waals surface area contributed by atoms with Crippen LogP contribution in [0.2, 0.25) is 0 Å². The van der Waals surface area contributed by atoms with Crippen LogP contribution in [0.3, 0.4) is 0 Å². The summed E-state index contributed by atoms with van der Waals surface area (Å²) >= 11 is 0. The lowest BCUT2D eigenvalue weighted by atomic mass is 10.1. The molecule has 0 saturated carbocycles. The topological polar surface area (TPSA) is 43.6 Å². The van der Waals surface area contributed by atoms with Gasteiger partial charge in [-0.15, -0.1) is 12.4 Å². The van der Waals surface area contributed by atoms with Gasteiger partial charge in [-0.3, -0.25) is 0 Å². The molecule has 4 nitrogen and oxygen atoms in total. The Labute approximate surface area is 138 Å². The average molecular weight is 326 g/mol. The number of ether oxygens (including phenoxy) is 2. The number of methoxy groups -OCH3 is 1. The first kappa shape index (κ1) is 18.4. The molecule has 122 valence electrons.